The quantitative estimate of drug-likeness (QED) is 0.638. The molecule has 0 radical (unpaired) electrons. The van der Waals surface area contributed by atoms with Gasteiger partial charge in [-0.05, 0) is 25.0 Å². The molecule has 0 aliphatic heterocycles. The van der Waals surface area contributed by atoms with Crippen LogP contribution in [0, 0.1) is 0 Å². The molecule has 1 aromatic rings. The van der Waals surface area contributed by atoms with Gasteiger partial charge in [-0.1, -0.05) is 13.8 Å². The molecule has 0 amide bonds. The Morgan fingerprint density at radius 3 is 2.53 bits per heavy atom. The Morgan fingerprint density at radius 1 is 1.29 bits per heavy atom. The lowest BCUT2D eigenvalue weighted by atomic mass is 9.98. The minimum Gasteiger partial charge on any atom is -0.394 e. The zero-order valence-corrected chi connectivity index (χ0v) is 10.8. The summed E-state index contributed by atoms with van der Waals surface area (Å²) < 4.78 is 2.20. The van der Waals surface area contributed by atoms with Crippen LogP contribution in [0.3, 0.4) is 0 Å². The molecule has 1 heterocycles. The molecular weight excluding hydrogens is 216 g/mol. The summed E-state index contributed by atoms with van der Waals surface area (Å²) >= 11 is 0. The Hall–Kier alpha value is -0.840. The van der Waals surface area contributed by atoms with Crippen molar-refractivity contribution >= 4 is 0 Å². The summed E-state index contributed by atoms with van der Waals surface area (Å²) in [4.78, 5) is 0. The molecule has 3 N–H and O–H groups in total. The second-order valence-corrected chi connectivity index (χ2v) is 4.50. The maximum atomic E-state index is 9.35. The summed E-state index contributed by atoms with van der Waals surface area (Å²) in [6.45, 7) is 5.69. The fourth-order valence-corrected chi connectivity index (χ4v) is 1.86. The molecule has 0 saturated carbocycles. The lowest BCUT2D eigenvalue weighted by Crippen LogP contribution is -2.51. The van der Waals surface area contributed by atoms with E-state index in [1.165, 1.54) is 5.69 Å². The van der Waals surface area contributed by atoms with Crippen molar-refractivity contribution in [1.29, 1.82) is 0 Å². The third-order valence-corrected chi connectivity index (χ3v) is 3.31. The van der Waals surface area contributed by atoms with Crippen molar-refractivity contribution < 1.29 is 10.2 Å². The summed E-state index contributed by atoms with van der Waals surface area (Å²) in [6, 6.07) is 4.09. The Labute approximate surface area is 103 Å². The largest absolute Gasteiger partial charge is 0.394 e. The van der Waals surface area contributed by atoms with Crippen LogP contribution in [0.25, 0.3) is 0 Å². The Kier molecular flexibility index (Phi) is 5.68. The topological polar surface area (TPSA) is 57.4 Å². The highest BCUT2D eigenvalue weighted by atomic mass is 16.3. The first-order chi connectivity index (χ1) is 8.21. The predicted molar refractivity (Wildman–Crippen MR) is 68.8 cm³/mol. The Morgan fingerprint density at radius 2 is 2.00 bits per heavy atom. The standard InChI is InChI=1S/C13H24N2O2/c1-3-7-15-8-5-6-12(15)9-14-13(4-2,10-16)11-17/h5-6,8,14,16-17H,3-4,7,9-11H2,1-2H3. The van der Waals surface area contributed by atoms with Crippen LogP contribution in [0.1, 0.15) is 32.4 Å². The fraction of sp³-hybridized carbons (Fsp3) is 0.692. The van der Waals surface area contributed by atoms with Gasteiger partial charge < -0.3 is 20.1 Å². The molecule has 4 heteroatoms. The Bertz CT molecular complexity index is 311. The van der Waals surface area contributed by atoms with Crippen LogP contribution in [-0.4, -0.2) is 33.5 Å². The van der Waals surface area contributed by atoms with Crippen LogP contribution in [0.2, 0.25) is 0 Å². The van der Waals surface area contributed by atoms with Gasteiger partial charge in [0.2, 0.25) is 0 Å². The van der Waals surface area contributed by atoms with Gasteiger partial charge in [0, 0.05) is 25.0 Å². The fourth-order valence-electron chi connectivity index (χ4n) is 1.86. The minimum atomic E-state index is -0.568. The summed E-state index contributed by atoms with van der Waals surface area (Å²) in [5.41, 5.74) is 0.619. The van der Waals surface area contributed by atoms with Gasteiger partial charge in [-0.2, -0.15) is 0 Å². The molecule has 0 aliphatic carbocycles. The molecule has 1 aromatic heterocycles. The van der Waals surface area contributed by atoms with Crippen LogP contribution in [0.15, 0.2) is 18.3 Å². The normalized spacial score (nSPS) is 12.0. The highest BCUT2D eigenvalue weighted by Crippen LogP contribution is 2.11. The SMILES string of the molecule is CCCn1cccc1CNC(CC)(CO)CO. The zero-order chi connectivity index (χ0) is 12.7. The lowest BCUT2D eigenvalue weighted by Gasteiger charge is -2.30. The van der Waals surface area contributed by atoms with Gasteiger partial charge in [-0.3, -0.25) is 0 Å². The number of aryl methyl sites for hydroxylation is 1. The maximum absolute atomic E-state index is 9.35. The van der Waals surface area contributed by atoms with Crippen LogP contribution in [0.5, 0.6) is 0 Å². The van der Waals surface area contributed by atoms with E-state index in [2.05, 4.69) is 29.1 Å². The van der Waals surface area contributed by atoms with E-state index < -0.39 is 5.54 Å². The lowest BCUT2D eigenvalue weighted by molar-refractivity contribution is 0.0858. The summed E-state index contributed by atoms with van der Waals surface area (Å²) in [6.07, 6.45) is 3.86. The number of aliphatic hydroxyl groups excluding tert-OH is 2. The molecule has 17 heavy (non-hydrogen) atoms. The highest BCUT2D eigenvalue weighted by Gasteiger charge is 2.25. The molecule has 0 atom stereocenters. The van der Waals surface area contributed by atoms with Gasteiger partial charge in [0.05, 0.1) is 18.8 Å². The third-order valence-electron chi connectivity index (χ3n) is 3.31. The van der Waals surface area contributed by atoms with E-state index >= 15 is 0 Å². The van der Waals surface area contributed by atoms with Gasteiger partial charge in [-0.25, -0.2) is 0 Å². The number of nitrogens with one attached hydrogen (secondary N) is 1. The summed E-state index contributed by atoms with van der Waals surface area (Å²) in [5, 5.41) is 22.0. The van der Waals surface area contributed by atoms with Crippen molar-refractivity contribution in [3.8, 4) is 0 Å². The third kappa shape index (κ3) is 3.56. The molecule has 0 aromatic carbocycles. The van der Waals surface area contributed by atoms with Crippen LogP contribution in [0.4, 0.5) is 0 Å². The smallest absolute Gasteiger partial charge is 0.0648 e. The van der Waals surface area contributed by atoms with Gasteiger partial charge in [0.1, 0.15) is 0 Å². The monoisotopic (exact) mass is 240 g/mol. The van der Waals surface area contributed by atoms with Crippen LogP contribution < -0.4 is 5.32 Å². The van der Waals surface area contributed by atoms with Crippen molar-refractivity contribution in [2.45, 2.75) is 45.3 Å². The number of rotatable bonds is 8. The number of hydrogen-bond donors (Lipinski definition) is 3. The summed E-state index contributed by atoms with van der Waals surface area (Å²) in [5.74, 6) is 0. The molecule has 0 bridgehead atoms. The van der Waals surface area contributed by atoms with E-state index in [1.807, 2.05) is 13.0 Å². The second kappa shape index (κ2) is 6.79. The van der Waals surface area contributed by atoms with E-state index in [4.69, 9.17) is 0 Å². The second-order valence-electron chi connectivity index (χ2n) is 4.50. The van der Waals surface area contributed by atoms with Gasteiger partial charge >= 0.3 is 0 Å². The van der Waals surface area contributed by atoms with E-state index in [-0.39, 0.29) is 13.2 Å². The van der Waals surface area contributed by atoms with Crippen molar-refractivity contribution in [3.63, 3.8) is 0 Å². The molecule has 0 unspecified atom stereocenters. The van der Waals surface area contributed by atoms with Crippen LogP contribution >= 0.6 is 0 Å². The highest BCUT2D eigenvalue weighted by molar-refractivity contribution is 5.07. The minimum absolute atomic E-state index is 0.0471. The van der Waals surface area contributed by atoms with Gasteiger partial charge in [0.15, 0.2) is 0 Å². The first-order valence-corrected chi connectivity index (χ1v) is 6.32. The molecule has 4 nitrogen and oxygen atoms in total. The number of aromatic nitrogens is 1. The van der Waals surface area contributed by atoms with Gasteiger partial charge in [0.25, 0.3) is 0 Å². The number of nitrogens with zero attached hydrogens (tertiary/aromatic N) is 1. The first-order valence-electron chi connectivity index (χ1n) is 6.32. The first kappa shape index (κ1) is 14.2. The van der Waals surface area contributed by atoms with E-state index in [0.717, 1.165) is 13.0 Å². The van der Waals surface area contributed by atoms with Crippen molar-refractivity contribution in [1.82, 2.24) is 9.88 Å². The molecular formula is C13H24N2O2. The van der Waals surface area contributed by atoms with Crippen molar-refractivity contribution in [3.05, 3.63) is 24.0 Å². The molecule has 0 saturated heterocycles. The molecule has 1 rings (SSSR count). The Balaban J connectivity index is 2.62. The van der Waals surface area contributed by atoms with Gasteiger partial charge in [-0.15, -0.1) is 0 Å². The maximum Gasteiger partial charge on any atom is 0.0648 e. The zero-order valence-electron chi connectivity index (χ0n) is 10.8. The van der Waals surface area contributed by atoms with E-state index in [1.54, 1.807) is 0 Å². The van der Waals surface area contributed by atoms with Crippen molar-refractivity contribution in [2.75, 3.05) is 13.2 Å². The number of hydrogen-bond acceptors (Lipinski definition) is 3. The molecule has 0 aliphatic rings. The molecule has 0 fully saturated rings. The number of aliphatic hydroxyl groups is 2. The molecule has 98 valence electrons. The van der Waals surface area contributed by atoms with Crippen LogP contribution in [-0.2, 0) is 13.1 Å². The molecule has 0 spiro atoms. The van der Waals surface area contributed by atoms with E-state index in [9.17, 15) is 10.2 Å². The predicted octanol–water partition coefficient (Wildman–Crippen LogP) is 1.12. The summed E-state index contributed by atoms with van der Waals surface area (Å²) in [7, 11) is 0. The van der Waals surface area contributed by atoms with E-state index in [0.29, 0.717) is 13.0 Å². The van der Waals surface area contributed by atoms with Crippen molar-refractivity contribution in [2.24, 2.45) is 0 Å². The average molecular weight is 240 g/mol. The average Bonchev–Trinajstić information content (AvgIpc) is 2.80.